The molecule has 4 rings (SSSR count). The Hall–Kier alpha value is -4.53. The second-order valence-corrected chi connectivity index (χ2v) is 7.77. The van der Waals surface area contributed by atoms with Gasteiger partial charge < -0.3 is 15.6 Å². The van der Waals surface area contributed by atoms with Crippen LogP contribution in [0.5, 0.6) is 0 Å². The molecule has 1 atom stereocenters. The fourth-order valence-corrected chi connectivity index (χ4v) is 3.75. The van der Waals surface area contributed by atoms with Crippen LogP contribution in [0.3, 0.4) is 0 Å². The lowest BCUT2D eigenvalue weighted by atomic mass is 10.0. The molecule has 0 spiro atoms. The van der Waals surface area contributed by atoms with Crippen LogP contribution in [-0.2, 0) is 0 Å². The maximum absolute atomic E-state index is 13.2. The number of benzene rings is 2. The highest BCUT2D eigenvalue weighted by Crippen LogP contribution is 2.21. The number of hydrogen-bond donors (Lipinski definition) is 4. The molecule has 2 heterocycles. The number of carbonyl (C=O) groups excluding carboxylic acids is 2. The molecule has 2 aromatic heterocycles. The first-order valence-electron chi connectivity index (χ1n) is 10.8. The van der Waals surface area contributed by atoms with Crippen LogP contribution in [0.1, 0.15) is 45.2 Å². The number of carbonyl (C=O) groups is 2. The number of amides is 2. The second-order valence-electron chi connectivity index (χ2n) is 7.77. The lowest BCUT2D eigenvalue weighted by Crippen LogP contribution is -2.30. The van der Waals surface area contributed by atoms with Gasteiger partial charge in [0.1, 0.15) is 0 Å². The van der Waals surface area contributed by atoms with Crippen LogP contribution in [0.4, 0.5) is 0 Å². The number of nitrogens with zero attached hydrogens (tertiary/aromatic N) is 1. The standard InChI is InChI=1S/C25H23N5O4/c31-22-12-17-8-4-9-19(20(17)15-27-22)25(34)29-21(16-6-2-1-3-7-16)10-5-11-26-24(33)18-13-23(32)30-28-14-18/h1-4,6-9,12-15,21H,5,10-11H2,(H,26,33)(H,27,31)(H,29,34)(H,30,32). The zero-order chi connectivity index (χ0) is 23.9. The van der Waals surface area contributed by atoms with Gasteiger partial charge in [-0.25, -0.2) is 5.10 Å². The number of pyridine rings is 1. The first-order valence-corrected chi connectivity index (χ1v) is 10.8. The summed E-state index contributed by atoms with van der Waals surface area (Å²) in [5.41, 5.74) is 0.909. The predicted octanol–water partition coefficient (Wildman–Crippen LogP) is 2.29. The van der Waals surface area contributed by atoms with Crippen molar-refractivity contribution in [1.29, 1.82) is 0 Å². The summed E-state index contributed by atoms with van der Waals surface area (Å²) in [7, 11) is 0. The molecule has 0 aliphatic carbocycles. The van der Waals surface area contributed by atoms with Crippen molar-refractivity contribution in [2.45, 2.75) is 18.9 Å². The summed E-state index contributed by atoms with van der Waals surface area (Å²) < 4.78 is 0. The number of fused-ring (bicyclic) bond motifs is 1. The van der Waals surface area contributed by atoms with Crippen molar-refractivity contribution in [3.63, 3.8) is 0 Å². The topological polar surface area (TPSA) is 137 Å². The Bertz CT molecular complexity index is 1430. The number of nitrogens with one attached hydrogen (secondary N) is 4. The summed E-state index contributed by atoms with van der Waals surface area (Å²) in [6.45, 7) is 0.361. The van der Waals surface area contributed by atoms with Crippen molar-refractivity contribution >= 4 is 22.6 Å². The van der Waals surface area contributed by atoms with E-state index in [1.165, 1.54) is 18.3 Å². The first kappa shape index (κ1) is 22.7. The van der Waals surface area contributed by atoms with Crippen LogP contribution in [-0.4, -0.2) is 33.5 Å². The molecular formula is C25H23N5O4. The number of aromatic nitrogens is 3. The number of H-pyrrole nitrogens is 2. The third kappa shape index (κ3) is 5.44. The molecule has 4 aromatic rings. The summed E-state index contributed by atoms with van der Waals surface area (Å²) in [4.78, 5) is 51.0. The van der Waals surface area contributed by atoms with Crippen molar-refractivity contribution in [3.05, 3.63) is 110 Å². The molecule has 2 amide bonds. The molecule has 0 saturated carbocycles. The zero-order valence-electron chi connectivity index (χ0n) is 18.2. The number of hydrogen-bond acceptors (Lipinski definition) is 5. The summed E-state index contributed by atoms with van der Waals surface area (Å²) in [6.07, 6.45) is 4.00. The predicted molar refractivity (Wildman–Crippen MR) is 128 cm³/mol. The van der Waals surface area contributed by atoms with Gasteiger partial charge in [0.2, 0.25) is 5.56 Å². The molecule has 0 saturated heterocycles. The molecule has 9 nitrogen and oxygen atoms in total. The minimum Gasteiger partial charge on any atom is -0.352 e. The van der Waals surface area contributed by atoms with E-state index in [1.54, 1.807) is 24.4 Å². The summed E-state index contributed by atoms with van der Waals surface area (Å²) >= 11 is 0. The van der Waals surface area contributed by atoms with E-state index in [0.29, 0.717) is 35.7 Å². The minimum atomic E-state index is -0.447. The molecule has 172 valence electrons. The van der Waals surface area contributed by atoms with Gasteiger partial charge in [0.25, 0.3) is 17.4 Å². The molecule has 0 aliphatic rings. The van der Waals surface area contributed by atoms with Gasteiger partial charge >= 0.3 is 0 Å². The molecule has 2 aromatic carbocycles. The van der Waals surface area contributed by atoms with Gasteiger partial charge in [-0.2, -0.15) is 5.10 Å². The largest absolute Gasteiger partial charge is 0.352 e. The van der Waals surface area contributed by atoms with Gasteiger partial charge in [-0.05, 0) is 29.9 Å². The highest BCUT2D eigenvalue weighted by molar-refractivity contribution is 6.06. The van der Waals surface area contributed by atoms with Crippen molar-refractivity contribution in [1.82, 2.24) is 25.8 Å². The van der Waals surface area contributed by atoms with E-state index in [-0.39, 0.29) is 29.0 Å². The minimum absolute atomic E-state index is 0.186. The van der Waals surface area contributed by atoms with Gasteiger partial charge in [-0.15, -0.1) is 0 Å². The summed E-state index contributed by atoms with van der Waals surface area (Å²) in [5.74, 6) is -0.645. The molecular weight excluding hydrogens is 434 g/mol. The third-order valence-corrected chi connectivity index (χ3v) is 5.42. The van der Waals surface area contributed by atoms with E-state index in [9.17, 15) is 19.2 Å². The highest BCUT2D eigenvalue weighted by Gasteiger charge is 2.18. The Kier molecular flexibility index (Phi) is 6.92. The van der Waals surface area contributed by atoms with Crippen LogP contribution in [0.25, 0.3) is 10.8 Å². The Balaban J connectivity index is 1.45. The summed E-state index contributed by atoms with van der Waals surface area (Å²) in [6, 6.07) is 17.2. The molecule has 9 heteroatoms. The maximum Gasteiger partial charge on any atom is 0.264 e. The molecule has 0 radical (unpaired) electrons. The van der Waals surface area contributed by atoms with Gasteiger partial charge in [0.15, 0.2) is 0 Å². The normalized spacial score (nSPS) is 11.6. The Morgan fingerprint density at radius 3 is 2.56 bits per heavy atom. The molecule has 0 aliphatic heterocycles. The van der Waals surface area contributed by atoms with Crippen LogP contribution >= 0.6 is 0 Å². The van der Waals surface area contributed by atoms with E-state index in [1.807, 2.05) is 30.3 Å². The fourth-order valence-electron chi connectivity index (χ4n) is 3.75. The maximum atomic E-state index is 13.2. The quantitative estimate of drug-likeness (QED) is 0.301. The molecule has 0 fully saturated rings. The van der Waals surface area contributed by atoms with Crippen molar-refractivity contribution in [2.75, 3.05) is 6.54 Å². The van der Waals surface area contributed by atoms with Crippen LogP contribution in [0.15, 0.2) is 82.6 Å². The number of rotatable bonds is 8. The zero-order valence-corrected chi connectivity index (χ0v) is 18.2. The molecule has 0 bridgehead atoms. The Labute approximate surface area is 194 Å². The van der Waals surface area contributed by atoms with E-state index >= 15 is 0 Å². The average Bonchev–Trinajstić information content (AvgIpc) is 2.85. The summed E-state index contributed by atoms with van der Waals surface area (Å²) in [5, 5.41) is 13.0. The SMILES string of the molecule is O=C(NCCCC(NC(=O)c1cccc2cc(=O)[nH]cc12)c1ccccc1)c1cn[nH]c(=O)c1. The van der Waals surface area contributed by atoms with Gasteiger partial charge in [-0.3, -0.25) is 19.2 Å². The van der Waals surface area contributed by atoms with Crippen LogP contribution in [0.2, 0.25) is 0 Å². The monoisotopic (exact) mass is 457 g/mol. The fraction of sp³-hybridized carbons (Fsp3) is 0.160. The lowest BCUT2D eigenvalue weighted by molar-refractivity contribution is 0.0926. The smallest absolute Gasteiger partial charge is 0.264 e. The van der Waals surface area contributed by atoms with Gasteiger partial charge in [0.05, 0.1) is 17.8 Å². The Morgan fingerprint density at radius 2 is 1.76 bits per heavy atom. The van der Waals surface area contributed by atoms with E-state index < -0.39 is 5.56 Å². The highest BCUT2D eigenvalue weighted by atomic mass is 16.2. The van der Waals surface area contributed by atoms with E-state index in [0.717, 1.165) is 5.56 Å². The van der Waals surface area contributed by atoms with E-state index in [4.69, 9.17) is 0 Å². The third-order valence-electron chi connectivity index (χ3n) is 5.42. The second kappa shape index (κ2) is 10.4. The molecule has 4 N–H and O–H groups in total. The van der Waals surface area contributed by atoms with Gasteiger partial charge in [0, 0.05) is 35.8 Å². The van der Waals surface area contributed by atoms with E-state index in [2.05, 4.69) is 25.8 Å². The van der Waals surface area contributed by atoms with Crippen molar-refractivity contribution in [3.8, 4) is 0 Å². The van der Waals surface area contributed by atoms with Crippen molar-refractivity contribution < 1.29 is 9.59 Å². The average molecular weight is 457 g/mol. The van der Waals surface area contributed by atoms with Crippen LogP contribution in [0, 0.1) is 0 Å². The van der Waals surface area contributed by atoms with Gasteiger partial charge in [-0.1, -0.05) is 42.5 Å². The lowest BCUT2D eigenvalue weighted by Gasteiger charge is -2.20. The Morgan fingerprint density at radius 1 is 0.941 bits per heavy atom. The van der Waals surface area contributed by atoms with Crippen LogP contribution < -0.4 is 21.8 Å². The van der Waals surface area contributed by atoms with Crippen molar-refractivity contribution in [2.24, 2.45) is 0 Å². The first-order chi connectivity index (χ1) is 16.5. The molecule has 34 heavy (non-hydrogen) atoms. The molecule has 1 unspecified atom stereocenters. The number of aromatic amines is 2.